The van der Waals surface area contributed by atoms with Crippen LogP contribution in [0.3, 0.4) is 0 Å². The summed E-state index contributed by atoms with van der Waals surface area (Å²) in [6, 6.07) is 0. The van der Waals surface area contributed by atoms with Crippen LogP contribution < -0.4 is 5.32 Å². The van der Waals surface area contributed by atoms with Crippen LogP contribution in [0.2, 0.25) is 0 Å². The lowest BCUT2D eigenvalue weighted by Crippen LogP contribution is -2.30. The molecule has 86 valence electrons. The Morgan fingerprint density at radius 2 is 2.50 bits per heavy atom. The number of aromatic nitrogens is 2. The molecule has 2 bridgehead atoms. The van der Waals surface area contributed by atoms with Crippen LogP contribution in [-0.2, 0) is 9.53 Å². The van der Waals surface area contributed by atoms with Crippen LogP contribution >= 0.6 is 0 Å². The number of imidazole rings is 1. The van der Waals surface area contributed by atoms with Crippen LogP contribution in [-0.4, -0.2) is 28.1 Å². The number of nitrogens with zero attached hydrogens (tertiary/aromatic N) is 1. The first-order valence-corrected chi connectivity index (χ1v) is 5.70. The van der Waals surface area contributed by atoms with Gasteiger partial charge in [0, 0.05) is 11.9 Å². The van der Waals surface area contributed by atoms with Crippen molar-refractivity contribution in [1.82, 2.24) is 9.97 Å². The maximum atomic E-state index is 12.0. The lowest BCUT2D eigenvalue weighted by Gasteiger charge is -2.16. The molecule has 2 saturated heterocycles. The number of nitrogens with one attached hydrogen (secondary N) is 2. The molecule has 2 aliphatic rings. The maximum absolute atomic E-state index is 12.0. The molecule has 3 heterocycles. The van der Waals surface area contributed by atoms with Crippen molar-refractivity contribution in [2.24, 2.45) is 5.92 Å². The first kappa shape index (κ1) is 9.84. The van der Waals surface area contributed by atoms with Crippen LogP contribution in [0.15, 0.2) is 6.20 Å². The minimum absolute atomic E-state index is 0.00385. The first-order chi connectivity index (χ1) is 7.72. The van der Waals surface area contributed by atoms with E-state index in [0.29, 0.717) is 12.1 Å². The van der Waals surface area contributed by atoms with E-state index in [0.717, 1.165) is 25.0 Å². The van der Waals surface area contributed by atoms with Gasteiger partial charge >= 0.3 is 0 Å². The molecule has 1 aromatic heterocycles. The zero-order chi connectivity index (χ0) is 11.1. The largest absolute Gasteiger partial charge is 0.374 e. The van der Waals surface area contributed by atoms with Crippen molar-refractivity contribution in [3.05, 3.63) is 11.9 Å². The molecule has 3 rings (SSSR count). The van der Waals surface area contributed by atoms with Gasteiger partial charge in [0.1, 0.15) is 0 Å². The van der Waals surface area contributed by atoms with Crippen LogP contribution in [0.25, 0.3) is 0 Å². The fraction of sp³-hybridized carbons (Fsp3) is 0.636. The normalized spacial score (nSPS) is 31.9. The fourth-order valence-electron chi connectivity index (χ4n) is 2.60. The van der Waals surface area contributed by atoms with Crippen molar-refractivity contribution < 1.29 is 9.53 Å². The lowest BCUT2D eigenvalue weighted by molar-refractivity contribution is -0.121. The summed E-state index contributed by atoms with van der Waals surface area (Å²) in [6.45, 7) is 1.91. The molecule has 0 radical (unpaired) electrons. The Bertz CT molecular complexity index is 415. The van der Waals surface area contributed by atoms with Crippen molar-refractivity contribution in [2.75, 3.05) is 5.32 Å². The average Bonchev–Trinajstić information content (AvgIpc) is 2.93. The van der Waals surface area contributed by atoms with E-state index in [9.17, 15) is 4.79 Å². The highest BCUT2D eigenvalue weighted by molar-refractivity contribution is 5.91. The van der Waals surface area contributed by atoms with Crippen LogP contribution in [0.4, 0.5) is 5.95 Å². The van der Waals surface area contributed by atoms with Gasteiger partial charge in [-0.1, -0.05) is 0 Å². The van der Waals surface area contributed by atoms with Crippen molar-refractivity contribution >= 4 is 11.9 Å². The van der Waals surface area contributed by atoms with E-state index in [1.54, 1.807) is 6.20 Å². The van der Waals surface area contributed by atoms with Gasteiger partial charge in [-0.15, -0.1) is 0 Å². The molecule has 2 N–H and O–H groups in total. The number of carbonyl (C=O) groups is 1. The SMILES string of the molecule is Cc1cnc(NC(=O)[C@@H]2C[C@H]3CC[C@H]2O3)[nH]1. The molecule has 0 saturated carbocycles. The molecule has 2 aliphatic heterocycles. The van der Waals surface area contributed by atoms with E-state index in [1.165, 1.54) is 0 Å². The lowest BCUT2D eigenvalue weighted by atomic mass is 9.89. The average molecular weight is 221 g/mol. The smallest absolute Gasteiger partial charge is 0.232 e. The van der Waals surface area contributed by atoms with Gasteiger partial charge in [0.05, 0.1) is 18.1 Å². The van der Waals surface area contributed by atoms with Gasteiger partial charge in [0.15, 0.2) is 0 Å². The molecule has 1 amide bonds. The summed E-state index contributed by atoms with van der Waals surface area (Å²) in [7, 11) is 0. The highest BCUT2D eigenvalue weighted by Gasteiger charge is 2.44. The van der Waals surface area contributed by atoms with Crippen molar-refractivity contribution in [3.63, 3.8) is 0 Å². The first-order valence-electron chi connectivity index (χ1n) is 5.70. The number of hydrogen-bond donors (Lipinski definition) is 2. The van der Waals surface area contributed by atoms with Crippen LogP contribution in [0, 0.1) is 12.8 Å². The molecular weight excluding hydrogens is 206 g/mol. The zero-order valence-corrected chi connectivity index (χ0v) is 9.19. The zero-order valence-electron chi connectivity index (χ0n) is 9.19. The number of carbonyl (C=O) groups excluding carboxylic acids is 1. The Labute approximate surface area is 93.6 Å². The third kappa shape index (κ3) is 1.61. The van der Waals surface area contributed by atoms with E-state index >= 15 is 0 Å². The molecule has 0 spiro atoms. The van der Waals surface area contributed by atoms with Gasteiger partial charge in [-0.2, -0.15) is 0 Å². The fourth-order valence-corrected chi connectivity index (χ4v) is 2.60. The molecular formula is C11H15N3O2. The number of ether oxygens (including phenoxy) is 1. The van der Waals surface area contributed by atoms with Crippen molar-refractivity contribution in [2.45, 2.75) is 38.4 Å². The number of aryl methyl sites for hydroxylation is 1. The Kier molecular flexibility index (Phi) is 2.21. The van der Waals surface area contributed by atoms with Gasteiger partial charge < -0.3 is 9.72 Å². The summed E-state index contributed by atoms with van der Waals surface area (Å²) in [4.78, 5) is 19.0. The summed E-state index contributed by atoms with van der Waals surface area (Å²) in [5.74, 6) is 0.566. The number of fused-ring (bicyclic) bond motifs is 2. The number of anilines is 1. The number of aromatic amines is 1. The summed E-state index contributed by atoms with van der Waals surface area (Å²) in [5, 5.41) is 2.80. The highest BCUT2D eigenvalue weighted by Crippen LogP contribution is 2.39. The van der Waals surface area contributed by atoms with Crippen molar-refractivity contribution in [1.29, 1.82) is 0 Å². The Morgan fingerprint density at radius 1 is 1.62 bits per heavy atom. The minimum atomic E-state index is 0.00385. The monoisotopic (exact) mass is 221 g/mol. The number of H-pyrrole nitrogens is 1. The van der Waals surface area contributed by atoms with Gasteiger partial charge in [-0.3, -0.25) is 10.1 Å². The molecule has 5 nitrogen and oxygen atoms in total. The highest BCUT2D eigenvalue weighted by atomic mass is 16.5. The molecule has 0 aromatic carbocycles. The summed E-state index contributed by atoms with van der Waals surface area (Å²) in [6.07, 6.45) is 5.11. The second kappa shape index (κ2) is 3.59. The quantitative estimate of drug-likeness (QED) is 0.789. The molecule has 5 heteroatoms. The van der Waals surface area contributed by atoms with Gasteiger partial charge in [0.25, 0.3) is 0 Å². The Balaban J connectivity index is 1.65. The topological polar surface area (TPSA) is 67.0 Å². The van der Waals surface area contributed by atoms with E-state index in [1.807, 2.05) is 6.92 Å². The molecule has 1 aromatic rings. The van der Waals surface area contributed by atoms with Gasteiger partial charge in [-0.25, -0.2) is 4.98 Å². The summed E-state index contributed by atoms with van der Waals surface area (Å²) in [5.41, 5.74) is 0.944. The van der Waals surface area contributed by atoms with E-state index in [4.69, 9.17) is 4.74 Å². The van der Waals surface area contributed by atoms with Gasteiger partial charge in [0.2, 0.25) is 11.9 Å². The van der Waals surface area contributed by atoms with Crippen LogP contribution in [0.5, 0.6) is 0 Å². The maximum Gasteiger partial charge on any atom is 0.232 e. The molecule has 0 unspecified atom stereocenters. The van der Waals surface area contributed by atoms with E-state index in [-0.39, 0.29) is 17.9 Å². The van der Waals surface area contributed by atoms with E-state index in [2.05, 4.69) is 15.3 Å². The number of hydrogen-bond acceptors (Lipinski definition) is 3. The summed E-state index contributed by atoms with van der Waals surface area (Å²) < 4.78 is 5.66. The standard InChI is InChI=1S/C11H15N3O2/c1-6-5-12-11(13-6)14-10(15)8-4-7-2-3-9(8)16-7/h5,7-9H,2-4H2,1H3,(H2,12,13,14,15)/t7-,8-,9-/m1/s1. The molecule has 2 fully saturated rings. The third-order valence-corrected chi connectivity index (χ3v) is 3.39. The molecule has 0 aliphatic carbocycles. The number of rotatable bonds is 2. The third-order valence-electron chi connectivity index (χ3n) is 3.39. The molecule has 3 atom stereocenters. The predicted octanol–water partition coefficient (Wildman–Crippen LogP) is 1.22. The van der Waals surface area contributed by atoms with E-state index < -0.39 is 0 Å². The predicted molar refractivity (Wildman–Crippen MR) is 58.0 cm³/mol. The number of amides is 1. The minimum Gasteiger partial charge on any atom is -0.374 e. The van der Waals surface area contributed by atoms with Gasteiger partial charge in [-0.05, 0) is 26.2 Å². The van der Waals surface area contributed by atoms with Crippen molar-refractivity contribution in [3.8, 4) is 0 Å². The van der Waals surface area contributed by atoms with Crippen LogP contribution in [0.1, 0.15) is 25.0 Å². The molecule has 16 heavy (non-hydrogen) atoms. The second-order valence-electron chi connectivity index (χ2n) is 4.62. The second-order valence-corrected chi connectivity index (χ2v) is 4.62. The Hall–Kier alpha value is -1.36. The summed E-state index contributed by atoms with van der Waals surface area (Å²) >= 11 is 0. The Morgan fingerprint density at radius 3 is 3.06 bits per heavy atom.